The van der Waals surface area contributed by atoms with E-state index < -0.39 is 0 Å². The molecule has 0 aliphatic carbocycles. The second-order valence-corrected chi connectivity index (χ2v) is 6.38. The fourth-order valence-corrected chi connectivity index (χ4v) is 2.80. The first-order valence-corrected chi connectivity index (χ1v) is 8.94. The number of rotatable bonds is 6. The Morgan fingerprint density at radius 1 is 1.22 bits per heavy atom. The molecule has 1 fully saturated rings. The molecule has 7 nitrogen and oxygen atoms in total. The number of halogens is 1. The predicted octanol–water partition coefficient (Wildman–Crippen LogP) is 2.57. The topological polar surface area (TPSA) is 69.8 Å². The summed E-state index contributed by atoms with van der Waals surface area (Å²) in [6.45, 7) is 10.9. The average molecular weight is 482 g/mol. The molecule has 3 rings (SSSR count). The molecule has 1 aliphatic rings. The molecule has 0 saturated carbocycles. The number of anilines is 1. The Labute approximate surface area is 177 Å². The fraction of sp³-hybridized carbons (Fsp3) is 0.421. The Morgan fingerprint density at radius 3 is 2.59 bits per heavy atom. The smallest absolute Gasteiger partial charge is 0.225 e. The highest BCUT2D eigenvalue weighted by molar-refractivity contribution is 14.0. The first-order valence-electron chi connectivity index (χ1n) is 8.94. The van der Waals surface area contributed by atoms with E-state index in [4.69, 9.17) is 9.41 Å². The maximum Gasteiger partial charge on any atom is 0.225 e. The van der Waals surface area contributed by atoms with Gasteiger partial charge in [0.2, 0.25) is 5.95 Å². The van der Waals surface area contributed by atoms with E-state index in [1.165, 1.54) is 0 Å². The Morgan fingerprint density at radius 2 is 1.96 bits per heavy atom. The van der Waals surface area contributed by atoms with Crippen molar-refractivity contribution in [1.29, 1.82) is 0 Å². The summed E-state index contributed by atoms with van der Waals surface area (Å²) in [5.41, 5.74) is 1.05. The monoisotopic (exact) mass is 482 g/mol. The van der Waals surface area contributed by atoms with Crippen LogP contribution in [0.15, 0.2) is 58.4 Å². The van der Waals surface area contributed by atoms with Crippen molar-refractivity contribution in [3.05, 3.63) is 54.8 Å². The molecule has 0 radical (unpaired) electrons. The Balaban J connectivity index is 0.00000261. The summed E-state index contributed by atoms with van der Waals surface area (Å²) in [5.74, 6) is 2.69. The van der Waals surface area contributed by atoms with E-state index in [-0.39, 0.29) is 24.0 Å². The van der Waals surface area contributed by atoms with Crippen LogP contribution in [0, 0.1) is 0 Å². The van der Waals surface area contributed by atoms with Crippen LogP contribution in [0.4, 0.5) is 5.95 Å². The normalized spacial score (nSPS) is 14.6. The quantitative estimate of drug-likeness (QED) is 0.296. The van der Waals surface area contributed by atoms with Crippen molar-refractivity contribution >= 4 is 35.9 Å². The van der Waals surface area contributed by atoms with Gasteiger partial charge in [0, 0.05) is 51.5 Å². The summed E-state index contributed by atoms with van der Waals surface area (Å²) in [6, 6.07) is 5.74. The lowest BCUT2D eigenvalue weighted by Gasteiger charge is -2.36. The first-order chi connectivity index (χ1) is 12.7. The molecular formula is C19H27IN6O. The molecule has 8 heteroatoms. The van der Waals surface area contributed by atoms with Crippen LogP contribution in [-0.4, -0.2) is 60.1 Å². The van der Waals surface area contributed by atoms with Crippen molar-refractivity contribution in [3.63, 3.8) is 0 Å². The third kappa shape index (κ3) is 6.53. The fourth-order valence-electron chi connectivity index (χ4n) is 2.80. The maximum absolute atomic E-state index is 5.39. The van der Waals surface area contributed by atoms with Crippen molar-refractivity contribution in [2.45, 2.75) is 13.3 Å². The first kappa shape index (κ1) is 21.2. The Bertz CT molecular complexity index is 711. The minimum atomic E-state index is 0. The van der Waals surface area contributed by atoms with Gasteiger partial charge in [0.25, 0.3) is 0 Å². The second kappa shape index (κ2) is 10.9. The molecule has 0 aromatic carbocycles. The van der Waals surface area contributed by atoms with Crippen LogP contribution in [0.2, 0.25) is 0 Å². The standard InChI is InChI=1S/C19H26N6O.HI/c1-16(2)15-23-19(22-9-6-17-5-3-14-26-17)25-12-10-24(11-13-25)18-20-7-4-8-21-18;/h3-5,7-8,14H,1,6,9-13,15H2,2H3,(H,22,23);1H. The number of aliphatic imine (C=N–C) groups is 1. The van der Waals surface area contributed by atoms with Gasteiger partial charge in [-0.2, -0.15) is 0 Å². The van der Waals surface area contributed by atoms with Gasteiger partial charge in [0.1, 0.15) is 5.76 Å². The van der Waals surface area contributed by atoms with E-state index in [0.29, 0.717) is 6.54 Å². The molecule has 1 N–H and O–H groups in total. The zero-order valence-electron chi connectivity index (χ0n) is 15.7. The number of aromatic nitrogens is 2. The van der Waals surface area contributed by atoms with Crippen LogP contribution in [-0.2, 0) is 6.42 Å². The zero-order chi connectivity index (χ0) is 18.2. The molecule has 146 valence electrons. The number of piperazine rings is 1. The summed E-state index contributed by atoms with van der Waals surface area (Å²) in [5, 5.41) is 3.46. The third-order valence-corrected chi connectivity index (χ3v) is 4.15. The highest BCUT2D eigenvalue weighted by Gasteiger charge is 2.21. The van der Waals surface area contributed by atoms with E-state index in [2.05, 4.69) is 31.7 Å². The highest BCUT2D eigenvalue weighted by atomic mass is 127. The highest BCUT2D eigenvalue weighted by Crippen LogP contribution is 2.10. The van der Waals surface area contributed by atoms with Gasteiger partial charge >= 0.3 is 0 Å². The minimum Gasteiger partial charge on any atom is -0.469 e. The molecule has 3 heterocycles. The molecule has 27 heavy (non-hydrogen) atoms. The largest absolute Gasteiger partial charge is 0.469 e. The average Bonchev–Trinajstić information content (AvgIpc) is 3.19. The SMILES string of the molecule is C=C(C)CN=C(NCCc1ccco1)N1CCN(c2ncccn2)CC1.I. The second-order valence-electron chi connectivity index (χ2n) is 6.38. The van der Waals surface area contributed by atoms with Crippen molar-refractivity contribution < 1.29 is 4.42 Å². The molecule has 0 atom stereocenters. The molecule has 0 unspecified atom stereocenters. The Hall–Kier alpha value is -2.10. The van der Waals surface area contributed by atoms with Gasteiger partial charge in [-0.1, -0.05) is 12.2 Å². The van der Waals surface area contributed by atoms with Gasteiger partial charge in [-0.3, -0.25) is 0 Å². The van der Waals surface area contributed by atoms with Crippen LogP contribution < -0.4 is 10.2 Å². The van der Waals surface area contributed by atoms with E-state index >= 15 is 0 Å². The summed E-state index contributed by atoms with van der Waals surface area (Å²) in [4.78, 5) is 17.9. The number of furan rings is 1. The molecule has 1 saturated heterocycles. The lowest BCUT2D eigenvalue weighted by Crippen LogP contribution is -2.53. The molecule has 2 aromatic rings. The van der Waals surface area contributed by atoms with Gasteiger partial charge < -0.3 is 19.5 Å². The molecule has 0 amide bonds. The number of hydrogen-bond donors (Lipinski definition) is 1. The number of nitrogens with one attached hydrogen (secondary N) is 1. The summed E-state index contributed by atoms with van der Waals surface area (Å²) >= 11 is 0. The number of guanidine groups is 1. The van der Waals surface area contributed by atoms with Gasteiger partial charge in [-0.05, 0) is 25.1 Å². The molecule has 0 bridgehead atoms. The van der Waals surface area contributed by atoms with E-state index in [9.17, 15) is 0 Å². The minimum absolute atomic E-state index is 0. The summed E-state index contributed by atoms with van der Waals surface area (Å²) in [7, 11) is 0. The van der Waals surface area contributed by atoms with Crippen LogP contribution in [0.25, 0.3) is 0 Å². The van der Waals surface area contributed by atoms with Crippen LogP contribution in [0.5, 0.6) is 0 Å². The van der Waals surface area contributed by atoms with E-state index in [1.54, 1.807) is 18.7 Å². The van der Waals surface area contributed by atoms with Gasteiger partial charge in [-0.15, -0.1) is 24.0 Å². The number of hydrogen-bond acceptors (Lipinski definition) is 5. The molecule has 1 aliphatic heterocycles. The van der Waals surface area contributed by atoms with Crippen molar-refractivity contribution in [1.82, 2.24) is 20.2 Å². The van der Waals surface area contributed by atoms with E-state index in [1.807, 2.05) is 25.1 Å². The van der Waals surface area contributed by atoms with Gasteiger partial charge in [0.05, 0.1) is 12.8 Å². The van der Waals surface area contributed by atoms with Crippen molar-refractivity contribution in [2.24, 2.45) is 4.99 Å². The lowest BCUT2D eigenvalue weighted by molar-refractivity contribution is 0.369. The van der Waals surface area contributed by atoms with Crippen LogP contribution in [0.1, 0.15) is 12.7 Å². The van der Waals surface area contributed by atoms with Crippen LogP contribution in [0.3, 0.4) is 0 Å². The Kier molecular flexibility index (Phi) is 8.56. The zero-order valence-corrected chi connectivity index (χ0v) is 18.0. The molecule has 2 aromatic heterocycles. The maximum atomic E-state index is 5.39. The molecule has 0 spiro atoms. The van der Waals surface area contributed by atoms with Gasteiger partial charge in [-0.25, -0.2) is 15.0 Å². The summed E-state index contributed by atoms with van der Waals surface area (Å²) in [6.07, 6.45) is 6.10. The summed E-state index contributed by atoms with van der Waals surface area (Å²) < 4.78 is 5.39. The van der Waals surface area contributed by atoms with Crippen LogP contribution >= 0.6 is 24.0 Å². The lowest BCUT2D eigenvalue weighted by atomic mass is 10.3. The number of nitrogens with zero attached hydrogens (tertiary/aromatic N) is 5. The predicted molar refractivity (Wildman–Crippen MR) is 119 cm³/mol. The van der Waals surface area contributed by atoms with E-state index in [0.717, 1.165) is 62.4 Å². The third-order valence-electron chi connectivity index (χ3n) is 4.15. The van der Waals surface area contributed by atoms with Crippen molar-refractivity contribution in [2.75, 3.05) is 44.2 Å². The van der Waals surface area contributed by atoms with Crippen molar-refractivity contribution in [3.8, 4) is 0 Å². The van der Waals surface area contributed by atoms with Gasteiger partial charge in [0.15, 0.2) is 5.96 Å². The molecular weight excluding hydrogens is 455 g/mol.